The van der Waals surface area contributed by atoms with Gasteiger partial charge in [0.25, 0.3) is 10.0 Å². The topological polar surface area (TPSA) is 105 Å². The fraction of sp³-hybridized carbons (Fsp3) is 0.160. The number of Topliss-reactive ketones (excluding diaryl/α,β-unsaturated/α-hetero) is 1. The van der Waals surface area contributed by atoms with Crippen molar-refractivity contribution in [3.63, 3.8) is 0 Å². The molecule has 2 unspecified atom stereocenters. The van der Waals surface area contributed by atoms with E-state index >= 15 is 0 Å². The quantitative estimate of drug-likeness (QED) is 0.243. The van der Waals surface area contributed by atoms with E-state index in [2.05, 4.69) is 0 Å². The number of carbonyl (C=O) groups is 2. The van der Waals surface area contributed by atoms with Crippen LogP contribution in [0.5, 0.6) is 0 Å². The highest BCUT2D eigenvalue weighted by Gasteiger charge is 2.56. The molecule has 0 amide bonds. The molecule has 10 heteroatoms. The Hall–Kier alpha value is -3.38. The van der Waals surface area contributed by atoms with Crippen molar-refractivity contribution in [1.82, 2.24) is 4.31 Å². The number of halogens is 2. The average Bonchev–Trinajstić information content (AvgIpc) is 3.18. The molecule has 0 saturated carbocycles. The number of allylic oxidation sites excluding steroid dienone is 4. The molecule has 7 nitrogen and oxygen atoms in total. The van der Waals surface area contributed by atoms with E-state index in [0.29, 0.717) is 0 Å². The van der Waals surface area contributed by atoms with Crippen LogP contribution < -0.4 is 0 Å². The SMILES string of the molecule is COC(=O)c1cccc(C(=O)C2(Cl)C=C3C(=CC(C#N)=CC3(C)Cl)N2S(=O)(=O)c2ccccc2)c1. The van der Waals surface area contributed by atoms with Crippen molar-refractivity contribution in [3.8, 4) is 6.07 Å². The second-order valence-electron chi connectivity index (χ2n) is 8.03. The van der Waals surface area contributed by atoms with Crippen LogP contribution in [0.25, 0.3) is 0 Å². The number of ketones is 1. The van der Waals surface area contributed by atoms with Crippen LogP contribution in [-0.4, -0.2) is 41.5 Å². The molecule has 4 rings (SSSR count). The van der Waals surface area contributed by atoms with Gasteiger partial charge in [0.15, 0.2) is 0 Å². The Morgan fingerprint density at radius 1 is 1.03 bits per heavy atom. The van der Waals surface area contributed by atoms with E-state index in [9.17, 15) is 23.3 Å². The minimum atomic E-state index is -4.41. The van der Waals surface area contributed by atoms with Gasteiger partial charge in [-0.15, -0.1) is 11.6 Å². The van der Waals surface area contributed by atoms with Crippen molar-refractivity contribution in [2.45, 2.75) is 21.7 Å². The van der Waals surface area contributed by atoms with E-state index in [-0.39, 0.29) is 32.9 Å². The minimum Gasteiger partial charge on any atom is -0.465 e. The third-order valence-corrected chi connectivity index (χ3v) is 8.34. The van der Waals surface area contributed by atoms with Crippen LogP contribution in [0.1, 0.15) is 27.6 Å². The second kappa shape index (κ2) is 8.68. The highest BCUT2D eigenvalue weighted by molar-refractivity contribution is 7.89. The molecule has 178 valence electrons. The molecule has 1 aliphatic heterocycles. The molecular formula is C25H18Cl2N2O5S. The number of rotatable bonds is 5. The van der Waals surface area contributed by atoms with Crippen molar-refractivity contribution in [3.05, 3.63) is 101 Å². The van der Waals surface area contributed by atoms with Crippen LogP contribution in [0.4, 0.5) is 0 Å². The predicted octanol–water partition coefficient (Wildman–Crippen LogP) is 4.57. The van der Waals surface area contributed by atoms with E-state index < -0.39 is 31.6 Å². The number of alkyl halides is 2. The number of ether oxygens (including phenoxy) is 1. The summed E-state index contributed by atoms with van der Waals surface area (Å²) >= 11 is 13.6. The zero-order valence-corrected chi connectivity index (χ0v) is 20.9. The summed E-state index contributed by atoms with van der Waals surface area (Å²) in [6.45, 7) is 1.57. The van der Waals surface area contributed by atoms with Crippen LogP contribution in [0.2, 0.25) is 0 Å². The molecule has 0 fully saturated rings. The summed E-state index contributed by atoms with van der Waals surface area (Å²) in [6, 6.07) is 15.1. The Morgan fingerprint density at radius 3 is 2.31 bits per heavy atom. The molecule has 0 saturated heterocycles. The number of nitriles is 1. The molecule has 2 aliphatic rings. The van der Waals surface area contributed by atoms with Gasteiger partial charge < -0.3 is 4.74 Å². The molecule has 0 aromatic heterocycles. The summed E-state index contributed by atoms with van der Waals surface area (Å²) in [5, 5.41) is 9.52. The van der Waals surface area contributed by atoms with Gasteiger partial charge in [-0.1, -0.05) is 41.9 Å². The Kier molecular flexibility index (Phi) is 6.14. The van der Waals surface area contributed by atoms with E-state index in [1.165, 1.54) is 73.9 Å². The summed E-state index contributed by atoms with van der Waals surface area (Å²) in [4.78, 5) is 22.2. The van der Waals surface area contributed by atoms with Crippen LogP contribution in [0, 0.1) is 11.3 Å². The lowest BCUT2D eigenvalue weighted by Gasteiger charge is -2.34. The Balaban J connectivity index is 1.96. The van der Waals surface area contributed by atoms with Crippen LogP contribution in [0.3, 0.4) is 0 Å². The van der Waals surface area contributed by atoms with Gasteiger partial charge in [-0.05, 0) is 49.4 Å². The number of carbonyl (C=O) groups excluding carboxylic acids is 2. The predicted molar refractivity (Wildman–Crippen MR) is 130 cm³/mol. The lowest BCUT2D eigenvalue weighted by Crippen LogP contribution is -2.48. The lowest BCUT2D eigenvalue weighted by molar-refractivity contribution is 0.0600. The highest BCUT2D eigenvalue weighted by Crippen LogP contribution is 2.51. The molecule has 2 aromatic carbocycles. The van der Waals surface area contributed by atoms with Gasteiger partial charge in [-0.2, -0.15) is 5.26 Å². The monoisotopic (exact) mass is 528 g/mol. The number of methoxy groups -OCH3 is 1. The van der Waals surface area contributed by atoms with Gasteiger partial charge in [0.2, 0.25) is 10.8 Å². The van der Waals surface area contributed by atoms with Crippen molar-refractivity contribution in [2.75, 3.05) is 7.11 Å². The summed E-state index contributed by atoms with van der Waals surface area (Å²) in [5.74, 6) is -1.48. The fourth-order valence-corrected chi connectivity index (χ4v) is 6.49. The summed E-state index contributed by atoms with van der Waals surface area (Å²) in [7, 11) is -3.21. The van der Waals surface area contributed by atoms with Crippen molar-refractivity contribution < 1.29 is 22.7 Å². The molecular weight excluding hydrogens is 511 g/mol. The first-order valence-electron chi connectivity index (χ1n) is 10.3. The molecule has 1 heterocycles. The van der Waals surface area contributed by atoms with Crippen LogP contribution in [-0.2, 0) is 14.8 Å². The number of nitrogens with zero attached hydrogens (tertiary/aromatic N) is 2. The van der Waals surface area contributed by atoms with Crippen molar-refractivity contribution >= 4 is 45.0 Å². The summed E-state index contributed by atoms with van der Waals surface area (Å²) in [6.07, 6.45) is 4.08. The van der Waals surface area contributed by atoms with Gasteiger partial charge in [0.05, 0.1) is 39.8 Å². The fourth-order valence-electron chi connectivity index (χ4n) is 4.03. The molecule has 1 aliphatic carbocycles. The Labute approximate surface area is 212 Å². The van der Waals surface area contributed by atoms with E-state index in [1.807, 2.05) is 6.07 Å². The Morgan fingerprint density at radius 2 is 1.69 bits per heavy atom. The zero-order chi connectivity index (χ0) is 25.6. The summed E-state index contributed by atoms with van der Waals surface area (Å²) < 4.78 is 33.2. The molecule has 0 bridgehead atoms. The van der Waals surface area contributed by atoms with E-state index in [1.54, 1.807) is 13.0 Å². The average molecular weight is 529 g/mol. The Bertz CT molecular complexity index is 1490. The van der Waals surface area contributed by atoms with E-state index in [4.69, 9.17) is 27.9 Å². The number of hydrogen-bond donors (Lipinski definition) is 0. The van der Waals surface area contributed by atoms with E-state index in [0.717, 1.165) is 4.31 Å². The molecule has 0 spiro atoms. The first kappa shape index (κ1) is 24.7. The van der Waals surface area contributed by atoms with Gasteiger partial charge in [0, 0.05) is 11.1 Å². The van der Waals surface area contributed by atoms with Crippen LogP contribution >= 0.6 is 23.2 Å². The number of sulfonamides is 1. The second-order valence-corrected chi connectivity index (χ2v) is 11.2. The maximum absolute atomic E-state index is 13.9. The third kappa shape index (κ3) is 4.06. The van der Waals surface area contributed by atoms with Crippen LogP contribution in [0.15, 0.2) is 94.6 Å². The standard InChI is InChI=1S/C25H18Cl2N2O5S/c1-24(26)13-16(15-28)11-21-20(24)14-25(27,29(21)35(32,33)19-9-4-3-5-10-19)22(30)17-7-6-8-18(12-17)23(31)34-2/h3-14H,1-2H3. The normalized spacial score (nSPS) is 23.4. The minimum absolute atomic E-state index is 0.0119. The molecule has 2 aromatic rings. The van der Waals surface area contributed by atoms with Gasteiger partial charge >= 0.3 is 5.97 Å². The molecule has 0 N–H and O–H groups in total. The van der Waals surface area contributed by atoms with Gasteiger partial charge in [-0.25, -0.2) is 17.5 Å². The molecule has 0 radical (unpaired) electrons. The number of benzene rings is 2. The molecule has 35 heavy (non-hydrogen) atoms. The van der Waals surface area contributed by atoms with Crippen molar-refractivity contribution in [1.29, 1.82) is 5.26 Å². The number of fused-ring (bicyclic) bond motifs is 1. The molecule has 2 atom stereocenters. The van der Waals surface area contributed by atoms with Gasteiger partial charge in [0.1, 0.15) is 0 Å². The lowest BCUT2D eigenvalue weighted by atomic mass is 9.90. The zero-order valence-electron chi connectivity index (χ0n) is 18.5. The van der Waals surface area contributed by atoms with Crippen molar-refractivity contribution in [2.24, 2.45) is 0 Å². The summed E-state index contributed by atoms with van der Waals surface area (Å²) in [5.41, 5.74) is 0.456. The third-order valence-electron chi connectivity index (χ3n) is 5.65. The smallest absolute Gasteiger partial charge is 0.337 e. The highest BCUT2D eigenvalue weighted by atomic mass is 35.5. The largest absolute Gasteiger partial charge is 0.465 e. The first-order valence-corrected chi connectivity index (χ1v) is 12.4. The number of esters is 1. The maximum atomic E-state index is 13.9. The van der Waals surface area contributed by atoms with Gasteiger partial charge in [-0.3, -0.25) is 4.79 Å². The first-order chi connectivity index (χ1) is 16.5. The number of hydrogen-bond acceptors (Lipinski definition) is 6. The maximum Gasteiger partial charge on any atom is 0.337 e.